The number of aromatic nitrogens is 3. The molecule has 0 fully saturated rings. The summed E-state index contributed by atoms with van der Waals surface area (Å²) in [4.78, 5) is 11.4. The van der Waals surface area contributed by atoms with Crippen LogP contribution in [0.15, 0.2) is 30.3 Å². The molecule has 22 heavy (non-hydrogen) atoms. The van der Waals surface area contributed by atoms with E-state index in [0.29, 0.717) is 6.54 Å². The average Bonchev–Trinajstić information content (AvgIpc) is 2.94. The lowest BCUT2D eigenvalue weighted by molar-refractivity contribution is 0.0688. The third-order valence-electron chi connectivity index (χ3n) is 4.03. The molecule has 0 radical (unpaired) electrons. The lowest BCUT2D eigenvalue weighted by Gasteiger charge is -2.15. The predicted molar refractivity (Wildman–Crippen MR) is 85.1 cm³/mol. The van der Waals surface area contributed by atoms with Crippen LogP contribution in [0.2, 0.25) is 0 Å². The molecule has 0 atom stereocenters. The lowest BCUT2D eigenvalue weighted by atomic mass is 9.97. The number of hydrogen-bond donors (Lipinski definition) is 1. The van der Waals surface area contributed by atoms with Crippen LogP contribution in [-0.2, 0) is 13.0 Å². The van der Waals surface area contributed by atoms with Gasteiger partial charge in [-0.1, -0.05) is 49.4 Å². The third-order valence-corrected chi connectivity index (χ3v) is 4.03. The number of carboxylic acid groups (broad SMARTS) is 1. The molecule has 1 N–H and O–H groups in total. The SMILES string of the molecule is CCC(CC)c1c(C(=O)O)nnn1CCCc1ccccc1. The second-order valence-electron chi connectivity index (χ2n) is 5.45. The van der Waals surface area contributed by atoms with Gasteiger partial charge in [-0.3, -0.25) is 0 Å². The summed E-state index contributed by atoms with van der Waals surface area (Å²) in [5.41, 5.74) is 2.16. The highest BCUT2D eigenvalue weighted by Gasteiger charge is 2.24. The quantitative estimate of drug-likeness (QED) is 0.810. The van der Waals surface area contributed by atoms with Crippen LogP contribution in [0, 0.1) is 0 Å². The number of carbonyl (C=O) groups is 1. The van der Waals surface area contributed by atoms with Crippen molar-refractivity contribution in [3.63, 3.8) is 0 Å². The van der Waals surface area contributed by atoms with Crippen molar-refractivity contribution in [2.45, 2.75) is 52.0 Å². The van der Waals surface area contributed by atoms with Crippen LogP contribution in [-0.4, -0.2) is 26.1 Å². The molecular weight excluding hydrogens is 278 g/mol. The minimum Gasteiger partial charge on any atom is -0.476 e. The number of hydrogen-bond acceptors (Lipinski definition) is 3. The highest BCUT2D eigenvalue weighted by Crippen LogP contribution is 2.25. The van der Waals surface area contributed by atoms with Gasteiger partial charge in [-0.25, -0.2) is 9.48 Å². The predicted octanol–water partition coefficient (Wildman–Crippen LogP) is 3.51. The van der Waals surface area contributed by atoms with E-state index in [2.05, 4.69) is 36.3 Å². The first-order valence-electron chi connectivity index (χ1n) is 7.87. The summed E-state index contributed by atoms with van der Waals surface area (Å²) in [6.07, 6.45) is 3.65. The van der Waals surface area contributed by atoms with Crippen molar-refractivity contribution >= 4 is 5.97 Å². The summed E-state index contributed by atoms with van der Waals surface area (Å²) in [6.45, 7) is 4.84. The minimum absolute atomic E-state index is 0.105. The molecule has 5 heteroatoms. The Labute approximate surface area is 131 Å². The van der Waals surface area contributed by atoms with Gasteiger partial charge in [-0.2, -0.15) is 0 Å². The Kier molecular flexibility index (Phi) is 5.69. The normalized spacial score (nSPS) is 11.0. The van der Waals surface area contributed by atoms with Crippen molar-refractivity contribution in [1.82, 2.24) is 15.0 Å². The van der Waals surface area contributed by atoms with Gasteiger partial charge in [0.25, 0.3) is 0 Å². The highest BCUT2D eigenvalue weighted by atomic mass is 16.4. The molecule has 5 nitrogen and oxygen atoms in total. The van der Waals surface area contributed by atoms with E-state index < -0.39 is 5.97 Å². The Bertz CT molecular complexity index is 604. The molecule has 1 aromatic carbocycles. The van der Waals surface area contributed by atoms with Crippen LogP contribution in [0.4, 0.5) is 0 Å². The first kappa shape index (κ1) is 16.2. The summed E-state index contributed by atoms with van der Waals surface area (Å²) in [7, 11) is 0. The van der Waals surface area contributed by atoms with Crippen LogP contribution in [0.1, 0.15) is 60.8 Å². The van der Waals surface area contributed by atoms with E-state index in [1.54, 1.807) is 4.68 Å². The molecule has 0 unspecified atom stereocenters. The number of aryl methyl sites for hydroxylation is 2. The van der Waals surface area contributed by atoms with E-state index >= 15 is 0 Å². The van der Waals surface area contributed by atoms with Crippen molar-refractivity contribution in [2.24, 2.45) is 0 Å². The molecule has 1 aromatic heterocycles. The molecular formula is C17H23N3O2. The average molecular weight is 301 g/mol. The topological polar surface area (TPSA) is 68.0 Å². The zero-order valence-electron chi connectivity index (χ0n) is 13.2. The second kappa shape index (κ2) is 7.73. The Morgan fingerprint density at radius 1 is 1.23 bits per heavy atom. The Hall–Kier alpha value is -2.17. The Balaban J connectivity index is 2.11. The molecule has 0 saturated carbocycles. The van der Waals surface area contributed by atoms with Gasteiger partial charge < -0.3 is 5.11 Å². The largest absolute Gasteiger partial charge is 0.476 e. The molecule has 0 aliphatic heterocycles. The highest BCUT2D eigenvalue weighted by molar-refractivity contribution is 5.86. The molecule has 0 saturated heterocycles. The first-order chi connectivity index (χ1) is 10.7. The van der Waals surface area contributed by atoms with Crippen LogP contribution >= 0.6 is 0 Å². The summed E-state index contributed by atoms with van der Waals surface area (Å²) < 4.78 is 1.78. The fourth-order valence-electron chi connectivity index (χ4n) is 2.79. The number of carboxylic acids is 1. The van der Waals surface area contributed by atoms with Crippen molar-refractivity contribution in [3.05, 3.63) is 47.3 Å². The fraction of sp³-hybridized carbons (Fsp3) is 0.471. The Morgan fingerprint density at radius 2 is 1.91 bits per heavy atom. The summed E-state index contributed by atoms with van der Waals surface area (Å²) >= 11 is 0. The maximum absolute atomic E-state index is 11.4. The van der Waals surface area contributed by atoms with Crippen molar-refractivity contribution in [3.8, 4) is 0 Å². The zero-order valence-corrected chi connectivity index (χ0v) is 13.2. The smallest absolute Gasteiger partial charge is 0.358 e. The van der Waals surface area contributed by atoms with Gasteiger partial charge in [0.2, 0.25) is 0 Å². The van der Waals surface area contributed by atoms with Crippen LogP contribution in [0.25, 0.3) is 0 Å². The second-order valence-corrected chi connectivity index (χ2v) is 5.45. The summed E-state index contributed by atoms with van der Waals surface area (Å²) in [5.74, 6) is -0.797. The van der Waals surface area contributed by atoms with Gasteiger partial charge in [0.15, 0.2) is 5.69 Å². The molecule has 0 bridgehead atoms. The van der Waals surface area contributed by atoms with E-state index in [1.165, 1.54) is 5.56 Å². The molecule has 0 aliphatic rings. The van der Waals surface area contributed by atoms with Crippen molar-refractivity contribution in [2.75, 3.05) is 0 Å². The molecule has 2 rings (SSSR count). The molecule has 0 aliphatic carbocycles. The van der Waals surface area contributed by atoms with Crippen LogP contribution in [0.5, 0.6) is 0 Å². The maximum Gasteiger partial charge on any atom is 0.358 e. The van der Waals surface area contributed by atoms with Gasteiger partial charge in [0, 0.05) is 12.5 Å². The molecule has 1 heterocycles. The molecule has 0 amide bonds. The standard InChI is InChI=1S/C17H23N3O2/c1-3-14(4-2)16-15(17(21)22)18-19-20(16)12-8-11-13-9-6-5-7-10-13/h5-7,9-10,14H,3-4,8,11-12H2,1-2H3,(H,21,22). The van der Waals surface area contributed by atoms with Gasteiger partial charge in [-0.05, 0) is 31.2 Å². The van der Waals surface area contributed by atoms with Crippen LogP contribution < -0.4 is 0 Å². The minimum atomic E-state index is -0.990. The van der Waals surface area contributed by atoms with Crippen molar-refractivity contribution in [1.29, 1.82) is 0 Å². The third kappa shape index (κ3) is 3.72. The number of aromatic carboxylic acids is 1. The van der Waals surface area contributed by atoms with Gasteiger partial charge >= 0.3 is 5.97 Å². The number of benzene rings is 1. The van der Waals surface area contributed by atoms with E-state index in [1.807, 2.05) is 18.2 Å². The number of nitrogens with zero attached hydrogens (tertiary/aromatic N) is 3. The van der Waals surface area contributed by atoms with Crippen molar-refractivity contribution < 1.29 is 9.90 Å². The monoisotopic (exact) mass is 301 g/mol. The summed E-state index contributed by atoms with van der Waals surface area (Å²) in [5, 5.41) is 17.2. The van der Waals surface area contributed by atoms with Gasteiger partial charge in [0.05, 0.1) is 5.69 Å². The lowest BCUT2D eigenvalue weighted by Crippen LogP contribution is -2.13. The first-order valence-corrected chi connectivity index (χ1v) is 7.87. The number of rotatable bonds is 8. The van der Waals surface area contributed by atoms with Gasteiger partial charge in [0.1, 0.15) is 0 Å². The van der Waals surface area contributed by atoms with Crippen LogP contribution in [0.3, 0.4) is 0 Å². The van der Waals surface area contributed by atoms with E-state index in [0.717, 1.165) is 31.4 Å². The molecule has 118 valence electrons. The fourth-order valence-corrected chi connectivity index (χ4v) is 2.79. The molecule has 2 aromatic rings. The Morgan fingerprint density at radius 3 is 2.50 bits per heavy atom. The van der Waals surface area contributed by atoms with E-state index in [-0.39, 0.29) is 11.6 Å². The maximum atomic E-state index is 11.4. The molecule has 0 spiro atoms. The van der Waals surface area contributed by atoms with E-state index in [9.17, 15) is 9.90 Å². The van der Waals surface area contributed by atoms with Gasteiger partial charge in [-0.15, -0.1) is 5.10 Å². The zero-order chi connectivity index (χ0) is 15.9. The summed E-state index contributed by atoms with van der Waals surface area (Å²) in [6, 6.07) is 10.3. The van der Waals surface area contributed by atoms with E-state index in [4.69, 9.17) is 0 Å².